The van der Waals surface area contributed by atoms with Gasteiger partial charge in [-0.3, -0.25) is 0 Å². The molecule has 5 nitrogen and oxygen atoms in total. The SMILES string of the molecule is Cc1cc(-c2cc(-n3c4ccccc4c4ccc5c6ccccc6n(-c6ccccc6)c5c43)c(C#N)c(-n3c4ccccc4c4ccc5c6ccccc6n(-c6ccccc6)c5c43)c2)cc(C(F)(F)F)c1. The summed E-state index contributed by atoms with van der Waals surface area (Å²) in [6.45, 7) is 1.70. The molecule has 14 rings (SSSR count). The Kier molecular flexibility index (Phi) is 8.65. The van der Waals surface area contributed by atoms with E-state index in [2.05, 4.69) is 134 Å². The Morgan fingerprint density at radius 1 is 0.366 bits per heavy atom. The standard InChI is InChI=1S/C63H38F3N5/c1-38-32-39(34-41(33-38)63(64,65)66)40-35-57(70-55-26-14-10-22-46(55)50-30-28-48-44-20-8-12-24-53(44)68(59(48)61(50)70)42-16-4-2-5-17-42)52(37-67)58(36-40)71-56-27-15-11-23-47(56)51-31-29-49-45-21-9-13-25-54(45)69(60(49)62(51)71)43-18-6-3-7-19-43/h2-36H,1H3. The molecule has 336 valence electrons. The molecule has 71 heavy (non-hydrogen) atoms. The summed E-state index contributed by atoms with van der Waals surface area (Å²) in [5.74, 6) is 0. The normalized spacial score (nSPS) is 12.2. The number of alkyl halides is 3. The maximum absolute atomic E-state index is 14.9. The molecule has 10 aromatic carbocycles. The maximum atomic E-state index is 14.9. The van der Waals surface area contributed by atoms with Crippen LogP contribution in [0.2, 0.25) is 0 Å². The summed E-state index contributed by atoms with van der Waals surface area (Å²) < 4.78 is 53.5. The molecule has 0 atom stereocenters. The van der Waals surface area contributed by atoms with Crippen LogP contribution in [0.4, 0.5) is 13.2 Å². The van der Waals surface area contributed by atoms with Gasteiger partial charge in [0, 0.05) is 54.5 Å². The van der Waals surface area contributed by atoms with Crippen LogP contribution in [0.3, 0.4) is 0 Å². The quantitative estimate of drug-likeness (QED) is 0.170. The van der Waals surface area contributed by atoms with E-state index in [0.717, 1.165) is 98.6 Å². The number of aryl methyl sites for hydroxylation is 1. The lowest BCUT2D eigenvalue weighted by molar-refractivity contribution is -0.137. The maximum Gasteiger partial charge on any atom is 0.416 e. The summed E-state index contributed by atoms with van der Waals surface area (Å²) >= 11 is 0. The molecule has 14 aromatic rings. The second-order valence-electron chi connectivity index (χ2n) is 18.4. The van der Waals surface area contributed by atoms with E-state index in [0.29, 0.717) is 33.6 Å². The zero-order valence-corrected chi connectivity index (χ0v) is 38.1. The van der Waals surface area contributed by atoms with Crippen LogP contribution in [0.1, 0.15) is 16.7 Å². The Hall–Kier alpha value is -9.32. The molecular weight excluding hydrogens is 884 g/mol. The van der Waals surface area contributed by atoms with Crippen LogP contribution in [0.25, 0.3) is 121 Å². The highest BCUT2D eigenvalue weighted by Gasteiger charge is 2.32. The lowest BCUT2D eigenvalue weighted by Gasteiger charge is -2.20. The largest absolute Gasteiger partial charge is 0.416 e. The van der Waals surface area contributed by atoms with Crippen LogP contribution < -0.4 is 0 Å². The van der Waals surface area contributed by atoms with Gasteiger partial charge >= 0.3 is 6.18 Å². The summed E-state index contributed by atoms with van der Waals surface area (Å²) in [7, 11) is 0. The van der Waals surface area contributed by atoms with Crippen molar-refractivity contribution in [3.63, 3.8) is 0 Å². The fraction of sp³-hybridized carbons (Fsp3) is 0.0317. The molecule has 0 aliphatic carbocycles. The lowest BCUT2D eigenvalue weighted by Crippen LogP contribution is -2.07. The third-order valence-corrected chi connectivity index (χ3v) is 14.4. The van der Waals surface area contributed by atoms with Crippen LogP contribution in [0.5, 0.6) is 0 Å². The summed E-state index contributed by atoms with van der Waals surface area (Å²) in [5, 5.41) is 20.1. The third kappa shape index (κ3) is 5.87. The van der Waals surface area contributed by atoms with E-state index in [1.165, 1.54) is 12.1 Å². The first kappa shape index (κ1) is 40.7. The first-order chi connectivity index (χ1) is 34.8. The van der Waals surface area contributed by atoms with Crippen LogP contribution in [-0.4, -0.2) is 18.3 Å². The van der Waals surface area contributed by atoms with Crippen LogP contribution in [0, 0.1) is 18.3 Å². The van der Waals surface area contributed by atoms with E-state index in [4.69, 9.17) is 0 Å². The van der Waals surface area contributed by atoms with Crippen molar-refractivity contribution >= 4 is 87.2 Å². The fourth-order valence-electron chi connectivity index (χ4n) is 11.6. The molecule has 0 bridgehead atoms. The van der Waals surface area contributed by atoms with E-state index >= 15 is 0 Å². The zero-order chi connectivity index (χ0) is 47.7. The van der Waals surface area contributed by atoms with Gasteiger partial charge in [-0.25, -0.2) is 0 Å². The second-order valence-corrected chi connectivity index (χ2v) is 18.4. The highest BCUT2D eigenvalue weighted by atomic mass is 19.4. The number of nitriles is 1. The van der Waals surface area contributed by atoms with Crippen molar-refractivity contribution in [1.29, 1.82) is 5.26 Å². The first-order valence-electron chi connectivity index (χ1n) is 23.6. The van der Waals surface area contributed by atoms with Crippen LogP contribution in [0.15, 0.2) is 212 Å². The molecule has 0 amide bonds. The number of para-hydroxylation sites is 6. The van der Waals surface area contributed by atoms with Gasteiger partial charge in [0.05, 0.1) is 61.1 Å². The van der Waals surface area contributed by atoms with Gasteiger partial charge in [-0.05, 0) is 96.4 Å². The number of benzene rings is 10. The van der Waals surface area contributed by atoms with Gasteiger partial charge in [0.2, 0.25) is 0 Å². The number of fused-ring (bicyclic) bond motifs is 14. The molecule has 4 aromatic heterocycles. The zero-order valence-electron chi connectivity index (χ0n) is 38.1. The minimum absolute atomic E-state index is 0.363. The van der Waals surface area contributed by atoms with Crippen molar-refractivity contribution < 1.29 is 13.2 Å². The molecule has 4 heterocycles. The topological polar surface area (TPSA) is 43.5 Å². The van der Waals surface area contributed by atoms with Crippen molar-refractivity contribution in [3.8, 4) is 39.9 Å². The smallest absolute Gasteiger partial charge is 0.307 e. The molecule has 0 radical (unpaired) electrons. The predicted molar refractivity (Wildman–Crippen MR) is 284 cm³/mol. The second kappa shape index (κ2) is 15.1. The number of nitrogens with zero attached hydrogens (tertiary/aromatic N) is 5. The van der Waals surface area contributed by atoms with Crippen molar-refractivity contribution in [2.24, 2.45) is 0 Å². The van der Waals surface area contributed by atoms with E-state index in [9.17, 15) is 18.4 Å². The van der Waals surface area contributed by atoms with E-state index < -0.39 is 11.7 Å². The van der Waals surface area contributed by atoms with E-state index in [1.807, 2.05) is 84.9 Å². The van der Waals surface area contributed by atoms with Gasteiger partial charge < -0.3 is 18.3 Å². The van der Waals surface area contributed by atoms with Gasteiger partial charge in [-0.15, -0.1) is 0 Å². The Balaban J connectivity index is 1.21. The van der Waals surface area contributed by atoms with Gasteiger partial charge in [-0.2, -0.15) is 18.4 Å². The highest BCUT2D eigenvalue weighted by molar-refractivity contribution is 6.25. The van der Waals surface area contributed by atoms with Crippen LogP contribution >= 0.6 is 0 Å². The average Bonchev–Trinajstić information content (AvgIpc) is 4.13. The molecule has 0 unspecified atom stereocenters. The minimum atomic E-state index is -4.59. The number of hydrogen-bond acceptors (Lipinski definition) is 1. The number of halogens is 3. The number of hydrogen-bond donors (Lipinski definition) is 0. The molecule has 0 N–H and O–H groups in total. The molecule has 0 saturated heterocycles. The van der Waals surface area contributed by atoms with Crippen molar-refractivity contribution in [2.45, 2.75) is 13.1 Å². The predicted octanol–water partition coefficient (Wildman–Crippen LogP) is 16.9. The summed E-state index contributed by atoms with van der Waals surface area (Å²) in [5.41, 5.74) is 11.4. The van der Waals surface area contributed by atoms with Crippen molar-refractivity contribution in [3.05, 3.63) is 229 Å². The van der Waals surface area contributed by atoms with Crippen molar-refractivity contribution in [1.82, 2.24) is 18.3 Å². The molecule has 0 fully saturated rings. The first-order valence-corrected chi connectivity index (χ1v) is 23.6. The van der Waals surface area contributed by atoms with Gasteiger partial charge in [0.25, 0.3) is 0 Å². The molecule has 0 spiro atoms. The Morgan fingerprint density at radius 2 is 0.704 bits per heavy atom. The summed E-state index contributed by atoms with van der Waals surface area (Å²) in [6.07, 6.45) is -4.59. The Morgan fingerprint density at radius 3 is 1.08 bits per heavy atom. The Labute approximate surface area is 404 Å². The summed E-state index contributed by atoms with van der Waals surface area (Å²) in [6, 6.07) is 73.2. The number of rotatable bonds is 5. The van der Waals surface area contributed by atoms with Crippen LogP contribution in [-0.2, 0) is 6.18 Å². The summed E-state index contributed by atoms with van der Waals surface area (Å²) in [4.78, 5) is 0. The molecule has 0 saturated carbocycles. The van der Waals surface area contributed by atoms with E-state index in [-0.39, 0.29) is 0 Å². The molecule has 8 heteroatoms. The van der Waals surface area contributed by atoms with Gasteiger partial charge in [-0.1, -0.05) is 140 Å². The molecule has 0 aliphatic heterocycles. The monoisotopic (exact) mass is 921 g/mol. The fourth-order valence-corrected chi connectivity index (χ4v) is 11.6. The molecular formula is C63H38F3N5. The van der Waals surface area contributed by atoms with E-state index in [1.54, 1.807) is 13.0 Å². The average molecular weight is 922 g/mol. The van der Waals surface area contributed by atoms with Crippen molar-refractivity contribution in [2.75, 3.05) is 0 Å². The minimum Gasteiger partial charge on any atom is -0.307 e. The van der Waals surface area contributed by atoms with Gasteiger partial charge in [0.1, 0.15) is 11.6 Å². The number of aromatic nitrogens is 4. The van der Waals surface area contributed by atoms with Gasteiger partial charge in [0.15, 0.2) is 0 Å². The highest BCUT2D eigenvalue weighted by Crippen LogP contribution is 2.47. The Bertz CT molecular complexity index is 4330. The molecule has 0 aliphatic rings. The third-order valence-electron chi connectivity index (χ3n) is 14.4. The lowest BCUT2D eigenvalue weighted by atomic mass is 9.96.